The van der Waals surface area contributed by atoms with Crippen LogP contribution < -0.4 is 0 Å². The average molecular weight is 312 g/mol. The van der Waals surface area contributed by atoms with Crippen LogP contribution in [0.3, 0.4) is 0 Å². The first kappa shape index (κ1) is 22.7. The zero-order valence-electron chi connectivity index (χ0n) is 14.1. The summed E-state index contributed by atoms with van der Waals surface area (Å²) in [5.74, 6) is -2.20. The average Bonchev–Trinajstić information content (AvgIpc) is 2.48. The number of rotatable bonds is 12. The Morgan fingerprint density at radius 1 is 0.818 bits per heavy atom. The summed E-state index contributed by atoms with van der Waals surface area (Å²) >= 11 is 0. The molecule has 4 heteroatoms. The third-order valence-electron chi connectivity index (χ3n) is 3.44. The zero-order valence-corrected chi connectivity index (χ0v) is 14.1. The molecule has 0 heterocycles. The van der Waals surface area contributed by atoms with E-state index in [4.69, 9.17) is 10.2 Å². The fourth-order valence-corrected chi connectivity index (χ4v) is 1.90. The predicted molar refractivity (Wildman–Crippen MR) is 90.9 cm³/mol. The van der Waals surface area contributed by atoms with E-state index in [1.807, 2.05) is 6.92 Å². The van der Waals surface area contributed by atoms with Crippen molar-refractivity contribution in [2.24, 2.45) is 11.8 Å². The van der Waals surface area contributed by atoms with Gasteiger partial charge in [-0.2, -0.15) is 0 Å². The van der Waals surface area contributed by atoms with Gasteiger partial charge in [-0.15, -0.1) is 13.2 Å². The number of carboxylic acids is 2. The molecule has 0 saturated carbocycles. The summed E-state index contributed by atoms with van der Waals surface area (Å²) in [5, 5.41) is 17.2. The van der Waals surface area contributed by atoms with Crippen molar-refractivity contribution >= 4 is 11.9 Å². The van der Waals surface area contributed by atoms with Crippen LogP contribution in [0, 0.1) is 11.8 Å². The standard InChI is InChI=1S/C10H18O2.C8H14O2/c1-3-5-6-7-8-9(4-2)10(11)12;1-3-5-6-7(4-2)8(9)10/h4,9H,2-3,5-8H2,1H3,(H,11,12);4,7H,2-3,5-6H2,1H3,(H,9,10). The molecule has 0 amide bonds. The maximum atomic E-state index is 10.5. The van der Waals surface area contributed by atoms with Crippen LogP contribution in [0.2, 0.25) is 0 Å². The van der Waals surface area contributed by atoms with E-state index >= 15 is 0 Å². The molecule has 0 aliphatic rings. The molecule has 0 aliphatic carbocycles. The molecule has 0 aromatic heterocycles. The van der Waals surface area contributed by atoms with Crippen molar-refractivity contribution in [3.63, 3.8) is 0 Å². The molecule has 0 aliphatic heterocycles. The highest BCUT2D eigenvalue weighted by Crippen LogP contribution is 2.11. The molecule has 2 N–H and O–H groups in total. The maximum Gasteiger partial charge on any atom is 0.310 e. The Kier molecular flexibility index (Phi) is 16.3. The molecule has 22 heavy (non-hydrogen) atoms. The second kappa shape index (κ2) is 15.8. The molecule has 0 saturated heterocycles. The van der Waals surface area contributed by atoms with Crippen LogP contribution in [0.5, 0.6) is 0 Å². The third-order valence-corrected chi connectivity index (χ3v) is 3.44. The summed E-state index contributed by atoms with van der Waals surface area (Å²) in [7, 11) is 0. The molecule has 0 radical (unpaired) electrons. The van der Waals surface area contributed by atoms with E-state index in [0.29, 0.717) is 0 Å². The lowest BCUT2D eigenvalue weighted by molar-refractivity contribution is -0.141. The number of unbranched alkanes of at least 4 members (excludes halogenated alkanes) is 4. The fourth-order valence-electron chi connectivity index (χ4n) is 1.90. The summed E-state index contributed by atoms with van der Waals surface area (Å²) in [6.45, 7) is 11.1. The van der Waals surface area contributed by atoms with Crippen LogP contribution in [0.15, 0.2) is 25.3 Å². The van der Waals surface area contributed by atoms with Crippen LogP contribution in [0.4, 0.5) is 0 Å². The smallest absolute Gasteiger partial charge is 0.310 e. The summed E-state index contributed by atoms with van der Waals surface area (Å²) in [4.78, 5) is 20.9. The highest BCUT2D eigenvalue weighted by molar-refractivity contribution is 5.72. The summed E-state index contributed by atoms with van der Waals surface area (Å²) in [6, 6.07) is 0. The molecule has 2 atom stereocenters. The largest absolute Gasteiger partial charge is 0.481 e. The van der Waals surface area contributed by atoms with Crippen LogP contribution in [0.1, 0.15) is 65.2 Å². The molecular formula is C18H32O4. The van der Waals surface area contributed by atoms with Crippen molar-refractivity contribution in [2.75, 3.05) is 0 Å². The van der Waals surface area contributed by atoms with E-state index in [2.05, 4.69) is 20.1 Å². The van der Waals surface area contributed by atoms with Gasteiger partial charge >= 0.3 is 11.9 Å². The normalized spacial score (nSPS) is 12.5. The Balaban J connectivity index is 0. The number of carbonyl (C=O) groups is 2. The highest BCUT2D eigenvalue weighted by Gasteiger charge is 2.11. The van der Waals surface area contributed by atoms with E-state index in [0.717, 1.165) is 38.5 Å². The SMILES string of the molecule is C=CC(CCCC)C(=O)O.C=CC(CCCCCC)C(=O)O. The van der Waals surface area contributed by atoms with Crippen molar-refractivity contribution < 1.29 is 19.8 Å². The number of hydrogen-bond donors (Lipinski definition) is 2. The van der Waals surface area contributed by atoms with Gasteiger partial charge in [0.1, 0.15) is 0 Å². The van der Waals surface area contributed by atoms with Gasteiger partial charge in [0.05, 0.1) is 11.8 Å². The Morgan fingerprint density at radius 2 is 1.23 bits per heavy atom. The highest BCUT2D eigenvalue weighted by atomic mass is 16.4. The van der Waals surface area contributed by atoms with E-state index in [-0.39, 0.29) is 11.8 Å². The third kappa shape index (κ3) is 13.4. The van der Waals surface area contributed by atoms with Crippen LogP contribution in [0.25, 0.3) is 0 Å². The van der Waals surface area contributed by atoms with Gasteiger partial charge in [-0.25, -0.2) is 0 Å². The van der Waals surface area contributed by atoms with Gasteiger partial charge in [0.25, 0.3) is 0 Å². The first-order valence-electron chi connectivity index (χ1n) is 8.15. The van der Waals surface area contributed by atoms with Crippen molar-refractivity contribution in [1.82, 2.24) is 0 Å². The van der Waals surface area contributed by atoms with Gasteiger partial charge in [0.2, 0.25) is 0 Å². The minimum atomic E-state index is -0.761. The maximum absolute atomic E-state index is 10.5. The summed E-state index contributed by atoms with van der Waals surface area (Å²) in [5.41, 5.74) is 0. The number of aliphatic carboxylic acids is 2. The van der Waals surface area contributed by atoms with Gasteiger partial charge in [-0.05, 0) is 12.8 Å². The molecule has 0 fully saturated rings. The van der Waals surface area contributed by atoms with Gasteiger partial charge in [-0.3, -0.25) is 9.59 Å². The van der Waals surface area contributed by atoms with Crippen molar-refractivity contribution in [1.29, 1.82) is 0 Å². The predicted octanol–water partition coefficient (Wildman–Crippen LogP) is 4.91. The first-order valence-corrected chi connectivity index (χ1v) is 8.15. The van der Waals surface area contributed by atoms with E-state index < -0.39 is 11.9 Å². The van der Waals surface area contributed by atoms with Crippen molar-refractivity contribution in [2.45, 2.75) is 65.2 Å². The topological polar surface area (TPSA) is 74.6 Å². The van der Waals surface area contributed by atoms with Gasteiger partial charge in [0, 0.05) is 0 Å². The van der Waals surface area contributed by atoms with E-state index in [1.165, 1.54) is 25.0 Å². The number of carboxylic acid groups (broad SMARTS) is 2. The lowest BCUT2D eigenvalue weighted by Crippen LogP contribution is -2.10. The summed E-state index contributed by atoms with van der Waals surface area (Å²) in [6.07, 6.45) is 11.0. The van der Waals surface area contributed by atoms with Crippen molar-refractivity contribution in [3.05, 3.63) is 25.3 Å². The Bertz CT molecular complexity index is 323. The molecule has 0 spiro atoms. The Labute approximate surface area is 134 Å². The van der Waals surface area contributed by atoms with Crippen LogP contribution >= 0.6 is 0 Å². The monoisotopic (exact) mass is 312 g/mol. The molecule has 128 valence electrons. The van der Waals surface area contributed by atoms with Gasteiger partial charge < -0.3 is 10.2 Å². The molecular weight excluding hydrogens is 280 g/mol. The molecule has 0 rings (SSSR count). The minimum absolute atomic E-state index is 0.346. The second-order valence-corrected chi connectivity index (χ2v) is 5.35. The summed E-state index contributed by atoms with van der Waals surface area (Å²) < 4.78 is 0. The lowest BCUT2D eigenvalue weighted by Gasteiger charge is -2.05. The van der Waals surface area contributed by atoms with E-state index in [1.54, 1.807) is 0 Å². The fraction of sp³-hybridized carbons (Fsp3) is 0.667. The first-order chi connectivity index (χ1) is 10.4. The Hall–Kier alpha value is -1.58. The van der Waals surface area contributed by atoms with Crippen LogP contribution in [-0.4, -0.2) is 22.2 Å². The Morgan fingerprint density at radius 3 is 1.55 bits per heavy atom. The second-order valence-electron chi connectivity index (χ2n) is 5.35. The molecule has 4 nitrogen and oxygen atoms in total. The number of hydrogen-bond acceptors (Lipinski definition) is 2. The lowest BCUT2D eigenvalue weighted by atomic mass is 10.0. The van der Waals surface area contributed by atoms with Gasteiger partial charge in [0.15, 0.2) is 0 Å². The molecule has 0 aromatic carbocycles. The van der Waals surface area contributed by atoms with Gasteiger partial charge in [-0.1, -0.05) is 64.5 Å². The van der Waals surface area contributed by atoms with E-state index in [9.17, 15) is 9.59 Å². The quantitative estimate of drug-likeness (QED) is 0.397. The molecule has 0 bridgehead atoms. The minimum Gasteiger partial charge on any atom is -0.481 e. The molecule has 0 aromatic rings. The zero-order chi connectivity index (χ0) is 17.4. The molecule has 2 unspecified atom stereocenters. The van der Waals surface area contributed by atoms with Crippen LogP contribution in [-0.2, 0) is 9.59 Å². The van der Waals surface area contributed by atoms with Crippen molar-refractivity contribution in [3.8, 4) is 0 Å².